The first-order valence-electron chi connectivity index (χ1n) is 5.03. The van der Waals surface area contributed by atoms with Crippen LogP contribution in [0.25, 0.3) is 0 Å². The van der Waals surface area contributed by atoms with Gasteiger partial charge in [-0.25, -0.2) is 8.60 Å². The molecule has 4 heteroatoms. The molecule has 2 nitrogen and oxygen atoms in total. The first-order chi connectivity index (χ1) is 7.30. The molecule has 1 aromatic rings. The van der Waals surface area contributed by atoms with Gasteiger partial charge in [0.2, 0.25) is 0 Å². The van der Waals surface area contributed by atoms with Crippen LogP contribution < -0.4 is 0 Å². The van der Waals surface area contributed by atoms with Gasteiger partial charge in [-0.15, -0.1) is 0 Å². The molecule has 0 radical (unpaired) electrons. The van der Waals surface area contributed by atoms with E-state index in [4.69, 9.17) is 0 Å². The van der Waals surface area contributed by atoms with Gasteiger partial charge < -0.3 is 0 Å². The Labute approximate surface area is 98.2 Å². The molecule has 1 aromatic carbocycles. The molecule has 0 aliphatic carbocycles. The van der Waals surface area contributed by atoms with E-state index in [2.05, 4.69) is 4.40 Å². The maximum Gasteiger partial charge on any atom is 0.144 e. The van der Waals surface area contributed by atoms with Crippen molar-refractivity contribution in [3.8, 4) is 0 Å². The lowest BCUT2D eigenvalue weighted by Crippen LogP contribution is -2.19. The van der Waals surface area contributed by atoms with E-state index in [1.165, 1.54) is 12.3 Å². The molecule has 0 aliphatic rings. The second kappa shape index (κ2) is 4.87. The highest BCUT2D eigenvalue weighted by atomic mass is 32.2. The van der Waals surface area contributed by atoms with Crippen LogP contribution in [0.1, 0.15) is 31.9 Å². The third-order valence-corrected chi connectivity index (χ3v) is 3.35. The number of halogens is 1. The van der Waals surface area contributed by atoms with Gasteiger partial charge in [0.1, 0.15) is 16.8 Å². The van der Waals surface area contributed by atoms with Crippen LogP contribution in [0.3, 0.4) is 0 Å². The molecule has 1 unspecified atom stereocenters. The smallest absolute Gasteiger partial charge is 0.144 e. The van der Waals surface area contributed by atoms with Crippen LogP contribution in [0.4, 0.5) is 4.39 Å². The molecule has 0 amide bonds. The standard InChI is InChI=1S/C12H16FNOS/c1-9-7-10(5-6-11(9)13)8-14-16(15)12(2,3)4/h5-8H,1-4H3. The number of nitrogens with zero attached hydrogens (tertiary/aromatic N) is 1. The summed E-state index contributed by atoms with van der Waals surface area (Å²) in [6.45, 7) is 7.26. The summed E-state index contributed by atoms with van der Waals surface area (Å²) < 4.78 is 28.2. The minimum absolute atomic E-state index is 0.242. The monoisotopic (exact) mass is 241 g/mol. The molecule has 0 aromatic heterocycles. The summed E-state index contributed by atoms with van der Waals surface area (Å²) in [7, 11) is -1.27. The maximum absolute atomic E-state index is 13.0. The molecule has 0 bridgehead atoms. The van der Waals surface area contributed by atoms with Gasteiger partial charge in [0.15, 0.2) is 0 Å². The van der Waals surface area contributed by atoms with Crippen molar-refractivity contribution in [3.63, 3.8) is 0 Å². The fourth-order valence-electron chi connectivity index (χ4n) is 1.02. The zero-order valence-electron chi connectivity index (χ0n) is 9.95. The van der Waals surface area contributed by atoms with Crippen molar-refractivity contribution in [3.05, 3.63) is 35.1 Å². The summed E-state index contributed by atoms with van der Waals surface area (Å²) in [5.74, 6) is -0.242. The van der Waals surface area contributed by atoms with Gasteiger partial charge in [-0.1, -0.05) is 6.07 Å². The highest BCUT2D eigenvalue weighted by Crippen LogP contribution is 2.13. The van der Waals surface area contributed by atoms with Crippen LogP contribution in [0.2, 0.25) is 0 Å². The summed E-state index contributed by atoms with van der Waals surface area (Å²) in [6.07, 6.45) is 1.52. The van der Waals surface area contributed by atoms with Crippen LogP contribution in [0.5, 0.6) is 0 Å². The van der Waals surface area contributed by atoms with Gasteiger partial charge in [0.25, 0.3) is 0 Å². The van der Waals surface area contributed by atoms with Crippen molar-refractivity contribution < 1.29 is 8.60 Å². The van der Waals surface area contributed by atoms with Crippen molar-refractivity contribution in [2.45, 2.75) is 32.4 Å². The highest BCUT2D eigenvalue weighted by Gasteiger charge is 2.18. The van der Waals surface area contributed by atoms with E-state index >= 15 is 0 Å². The molecule has 0 aliphatic heterocycles. The fourth-order valence-corrected chi connectivity index (χ4v) is 1.55. The van der Waals surface area contributed by atoms with Crippen molar-refractivity contribution in [2.75, 3.05) is 0 Å². The Morgan fingerprint density at radius 1 is 1.38 bits per heavy atom. The molecule has 88 valence electrons. The Hall–Kier alpha value is -1.03. The predicted molar refractivity (Wildman–Crippen MR) is 66.6 cm³/mol. The Morgan fingerprint density at radius 2 is 2.00 bits per heavy atom. The van der Waals surface area contributed by atoms with Gasteiger partial charge in [0.05, 0.1) is 4.75 Å². The second-order valence-electron chi connectivity index (χ2n) is 4.60. The lowest BCUT2D eigenvalue weighted by molar-refractivity contribution is 0.618. The van der Waals surface area contributed by atoms with Crippen molar-refractivity contribution in [2.24, 2.45) is 4.40 Å². The molecular weight excluding hydrogens is 225 g/mol. The van der Waals surface area contributed by atoms with E-state index in [-0.39, 0.29) is 10.6 Å². The number of aryl methyl sites for hydroxylation is 1. The molecule has 0 saturated heterocycles. The van der Waals surface area contributed by atoms with Crippen LogP contribution in [0, 0.1) is 12.7 Å². The zero-order valence-corrected chi connectivity index (χ0v) is 10.8. The van der Waals surface area contributed by atoms with Crippen LogP contribution >= 0.6 is 0 Å². The topological polar surface area (TPSA) is 29.4 Å². The number of rotatable bonds is 2. The minimum atomic E-state index is -1.27. The van der Waals surface area contributed by atoms with Gasteiger partial charge in [-0.05, 0) is 51.0 Å². The number of benzene rings is 1. The quantitative estimate of drug-likeness (QED) is 0.732. The van der Waals surface area contributed by atoms with Crippen LogP contribution in [-0.2, 0) is 11.0 Å². The lowest BCUT2D eigenvalue weighted by Gasteiger charge is -2.12. The minimum Gasteiger partial charge on any atom is -0.234 e. The maximum atomic E-state index is 13.0. The molecule has 0 heterocycles. The van der Waals surface area contributed by atoms with Gasteiger partial charge >= 0.3 is 0 Å². The Bertz CT molecular complexity index is 435. The Morgan fingerprint density at radius 3 is 2.50 bits per heavy atom. The molecule has 16 heavy (non-hydrogen) atoms. The average Bonchev–Trinajstić information content (AvgIpc) is 2.18. The lowest BCUT2D eigenvalue weighted by atomic mass is 10.1. The van der Waals surface area contributed by atoms with E-state index in [9.17, 15) is 8.60 Å². The molecule has 0 spiro atoms. The SMILES string of the molecule is Cc1cc(C=NS(=O)C(C)(C)C)ccc1F. The third-order valence-electron chi connectivity index (χ3n) is 2.00. The average molecular weight is 241 g/mol. The molecular formula is C12H16FNOS. The number of hydrogen-bond acceptors (Lipinski definition) is 1. The molecule has 0 fully saturated rings. The van der Waals surface area contributed by atoms with E-state index in [0.29, 0.717) is 5.56 Å². The summed E-state index contributed by atoms with van der Waals surface area (Å²) in [4.78, 5) is 0. The van der Waals surface area contributed by atoms with E-state index in [1.54, 1.807) is 19.1 Å². The summed E-state index contributed by atoms with van der Waals surface area (Å²) in [6, 6.07) is 4.68. The van der Waals surface area contributed by atoms with Gasteiger partial charge in [-0.3, -0.25) is 0 Å². The van der Waals surface area contributed by atoms with Crippen molar-refractivity contribution in [1.29, 1.82) is 0 Å². The van der Waals surface area contributed by atoms with Gasteiger partial charge in [0, 0.05) is 6.21 Å². The molecule has 1 rings (SSSR count). The van der Waals surface area contributed by atoms with Crippen LogP contribution in [-0.4, -0.2) is 15.2 Å². The summed E-state index contributed by atoms with van der Waals surface area (Å²) >= 11 is 0. The second-order valence-corrected chi connectivity index (χ2v) is 6.54. The normalized spacial score (nSPS) is 14.3. The zero-order chi connectivity index (χ0) is 12.3. The highest BCUT2D eigenvalue weighted by molar-refractivity contribution is 7.85. The molecule has 1 atom stereocenters. The van der Waals surface area contributed by atoms with Crippen LogP contribution in [0.15, 0.2) is 22.6 Å². The number of hydrogen-bond donors (Lipinski definition) is 0. The third kappa shape index (κ3) is 3.52. The fraction of sp³-hybridized carbons (Fsp3) is 0.417. The Kier molecular flexibility index (Phi) is 3.97. The van der Waals surface area contributed by atoms with Gasteiger partial charge in [-0.2, -0.15) is 4.40 Å². The summed E-state index contributed by atoms with van der Waals surface area (Å²) in [5.41, 5.74) is 1.32. The largest absolute Gasteiger partial charge is 0.234 e. The van der Waals surface area contributed by atoms with Crippen molar-refractivity contribution >= 4 is 17.2 Å². The predicted octanol–water partition coefficient (Wildman–Crippen LogP) is 3.02. The molecule has 0 saturated carbocycles. The van der Waals surface area contributed by atoms with E-state index < -0.39 is 11.0 Å². The molecule has 0 N–H and O–H groups in total. The Balaban J connectivity index is 2.85. The van der Waals surface area contributed by atoms with E-state index in [1.807, 2.05) is 20.8 Å². The first kappa shape index (κ1) is 13.0. The van der Waals surface area contributed by atoms with Crippen molar-refractivity contribution in [1.82, 2.24) is 0 Å². The summed E-state index contributed by atoms with van der Waals surface area (Å²) in [5, 5.41) is 0. The first-order valence-corrected chi connectivity index (χ1v) is 6.13. The van der Waals surface area contributed by atoms with E-state index in [0.717, 1.165) is 5.56 Å².